The smallest absolute Gasteiger partial charge is 0.335 e. The quantitative estimate of drug-likeness (QED) is 0.595. The van der Waals surface area contributed by atoms with Gasteiger partial charge < -0.3 is 10.2 Å². The first-order valence-electron chi connectivity index (χ1n) is 2.40. The lowest BCUT2D eigenvalue weighted by atomic mass is 10.3. The molecule has 0 spiro atoms. The molecular weight excluding hydrogens is 176 g/mol. The molecular formula is C4H6O6S. The van der Waals surface area contributed by atoms with Crippen molar-refractivity contribution in [2.75, 3.05) is 0 Å². The van der Waals surface area contributed by atoms with E-state index in [4.69, 9.17) is 18.6 Å². The molecule has 0 aliphatic rings. The molecule has 0 aromatic heterocycles. The van der Waals surface area contributed by atoms with Crippen LogP contribution in [0.15, 0.2) is 0 Å². The molecule has 0 aromatic carbocycles. The van der Waals surface area contributed by atoms with Crippen LogP contribution in [0.3, 0.4) is 0 Å². The second-order valence-electron chi connectivity index (χ2n) is 1.36. The van der Waals surface area contributed by atoms with Crippen LogP contribution in [-0.2, 0) is 21.2 Å². The highest BCUT2D eigenvalue weighted by atomic mass is 32.1. The predicted octanol–water partition coefficient (Wildman–Crippen LogP) is -0.734. The number of aliphatic carboxylic acids is 2. The van der Waals surface area contributed by atoms with Crippen LogP contribution < -0.4 is 0 Å². The maximum Gasteiger partial charge on any atom is 0.335 e. The Labute approximate surface area is 65.4 Å². The molecule has 0 heterocycles. The first-order valence-corrected chi connectivity index (χ1v) is 3.06. The van der Waals surface area contributed by atoms with Gasteiger partial charge in [-0.15, -0.1) is 0 Å². The van der Waals surface area contributed by atoms with E-state index in [0.717, 1.165) is 0 Å². The van der Waals surface area contributed by atoms with Crippen molar-refractivity contribution in [1.29, 1.82) is 0 Å². The third-order valence-electron chi connectivity index (χ3n) is 0.553. The first kappa shape index (κ1) is 12.4. The van der Waals surface area contributed by atoms with Gasteiger partial charge in [0.25, 0.3) is 0 Å². The van der Waals surface area contributed by atoms with Crippen LogP contribution in [0, 0.1) is 0 Å². The van der Waals surface area contributed by atoms with Gasteiger partial charge in [0.2, 0.25) is 0 Å². The molecule has 7 heteroatoms. The normalized spacial score (nSPS) is 7.27. The lowest BCUT2D eigenvalue weighted by Gasteiger charge is -1.85. The lowest BCUT2D eigenvalue weighted by Crippen LogP contribution is -2.00. The Balaban J connectivity index is 0. The predicted molar refractivity (Wildman–Crippen MR) is 33.4 cm³/mol. The highest BCUT2D eigenvalue weighted by molar-refractivity contribution is 7.51. The van der Waals surface area contributed by atoms with Crippen molar-refractivity contribution in [3.05, 3.63) is 0 Å². The summed E-state index contributed by atoms with van der Waals surface area (Å²) in [4.78, 5) is 19.3. The highest BCUT2D eigenvalue weighted by Crippen LogP contribution is 1.85. The van der Waals surface area contributed by atoms with E-state index < -0.39 is 23.5 Å². The van der Waals surface area contributed by atoms with E-state index in [1.54, 1.807) is 0 Å². The summed E-state index contributed by atoms with van der Waals surface area (Å²) in [6, 6.07) is 0. The van der Waals surface area contributed by atoms with Gasteiger partial charge in [-0.3, -0.25) is 9.59 Å². The lowest BCUT2D eigenvalue weighted by molar-refractivity contribution is -0.143. The maximum absolute atomic E-state index is 9.64. The molecule has 0 aliphatic heterocycles. The third kappa shape index (κ3) is 28.3. The Kier molecular flexibility index (Phi) is 9.90. The molecule has 0 amide bonds. The molecule has 0 saturated carbocycles. The Bertz CT molecular complexity index is 155. The van der Waals surface area contributed by atoms with Gasteiger partial charge in [-0.1, -0.05) is 0 Å². The molecule has 0 fully saturated rings. The topological polar surface area (TPSA) is 109 Å². The second-order valence-corrected chi connectivity index (χ2v) is 1.49. The summed E-state index contributed by atoms with van der Waals surface area (Å²) in [6.07, 6.45) is -0.593. The number of hydrogen-bond donors (Lipinski definition) is 2. The summed E-state index contributed by atoms with van der Waals surface area (Å²) in [7, 11) is 0. The zero-order valence-electron chi connectivity index (χ0n) is 5.35. The summed E-state index contributed by atoms with van der Waals surface area (Å²) in [5, 5.41) is 15.8. The molecule has 0 radical (unpaired) electrons. The average Bonchev–Trinajstić information content (AvgIpc) is 1.85. The third-order valence-corrected chi connectivity index (χ3v) is 0.553. The van der Waals surface area contributed by atoms with Gasteiger partial charge in [-0.05, 0) is 0 Å². The zero-order valence-corrected chi connectivity index (χ0v) is 6.17. The minimum Gasteiger partial charge on any atom is -0.481 e. The fourth-order valence-corrected chi connectivity index (χ4v) is 0.214. The van der Waals surface area contributed by atoms with Crippen molar-refractivity contribution >= 4 is 23.5 Å². The molecule has 0 atom stereocenters. The Morgan fingerprint density at radius 3 is 1.27 bits per heavy atom. The van der Waals surface area contributed by atoms with Gasteiger partial charge in [-0.25, -0.2) is 0 Å². The maximum atomic E-state index is 9.64. The van der Waals surface area contributed by atoms with Crippen molar-refractivity contribution in [2.45, 2.75) is 12.8 Å². The Morgan fingerprint density at radius 2 is 1.18 bits per heavy atom. The van der Waals surface area contributed by atoms with E-state index in [9.17, 15) is 9.59 Å². The van der Waals surface area contributed by atoms with E-state index in [0.29, 0.717) is 0 Å². The number of rotatable bonds is 3. The molecule has 11 heavy (non-hydrogen) atoms. The highest BCUT2D eigenvalue weighted by Gasteiger charge is 2.00. The molecule has 64 valence electrons. The minimum atomic E-state index is -1.08. The SMILES string of the molecule is O=C(O)CCC(=O)O.O=S=O. The van der Waals surface area contributed by atoms with Crippen LogP contribution in [0.25, 0.3) is 0 Å². The summed E-state index contributed by atoms with van der Waals surface area (Å²) in [5.74, 6) is -2.15. The molecule has 0 rings (SSSR count). The average molecular weight is 182 g/mol. The zero-order chi connectivity index (χ0) is 9.28. The summed E-state index contributed by atoms with van der Waals surface area (Å²) >= 11 is -0.750. The number of hydrogen-bond acceptors (Lipinski definition) is 4. The Hall–Kier alpha value is -1.24. The van der Waals surface area contributed by atoms with Crippen molar-refractivity contribution in [2.24, 2.45) is 0 Å². The molecule has 0 bridgehead atoms. The molecule has 0 aromatic rings. The number of carbonyl (C=O) groups is 2. The van der Waals surface area contributed by atoms with Crippen molar-refractivity contribution in [1.82, 2.24) is 0 Å². The Morgan fingerprint density at radius 1 is 1.00 bits per heavy atom. The monoisotopic (exact) mass is 182 g/mol. The standard InChI is InChI=1S/C4H6O4.O2S/c5-3(6)1-2-4(7)8;1-3-2/h1-2H2,(H,5,6)(H,7,8);. The fraction of sp³-hybridized carbons (Fsp3) is 0.500. The van der Waals surface area contributed by atoms with E-state index in [1.807, 2.05) is 0 Å². The van der Waals surface area contributed by atoms with E-state index >= 15 is 0 Å². The van der Waals surface area contributed by atoms with Gasteiger partial charge in [0, 0.05) is 0 Å². The van der Waals surface area contributed by atoms with Gasteiger partial charge >= 0.3 is 23.5 Å². The van der Waals surface area contributed by atoms with Crippen LogP contribution in [0.5, 0.6) is 0 Å². The molecule has 0 aliphatic carbocycles. The fourth-order valence-electron chi connectivity index (χ4n) is 0.214. The summed E-state index contributed by atoms with van der Waals surface area (Å²) in [5.41, 5.74) is 0. The van der Waals surface area contributed by atoms with Gasteiger partial charge in [-0.2, -0.15) is 8.42 Å². The molecule has 6 nitrogen and oxygen atoms in total. The first-order chi connectivity index (χ1) is 5.04. The minimum absolute atomic E-state index is 0.296. The van der Waals surface area contributed by atoms with Crippen LogP contribution in [0.1, 0.15) is 12.8 Å². The van der Waals surface area contributed by atoms with Crippen LogP contribution in [-0.4, -0.2) is 30.6 Å². The molecule has 2 N–H and O–H groups in total. The van der Waals surface area contributed by atoms with E-state index in [1.165, 1.54) is 0 Å². The van der Waals surface area contributed by atoms with Crippen molar-refractivity contribution < 1.29 is 28.2 Å². The van der Waals surface area contributed by atoms with Crippen LogP contribution >= 0.6 is 0 Å². The summed E-state index contributed by atoms with van der Waals surface area (Å²) < 4.78 is 16.6. The van der Waals surface area contributed by atoms with Gasteiger partial charge in [0.1, 0.15) is 0 Å². The number of carboxylic acid groups (broad SMARTS) is 2. The summed E-state index contributed by atoms with van der Waals surface area (Å²) in [6.45, 7) is 0. The molecule has 0 unspecified atom stereocenters. The molecule has 0 saturated heterocycles. The second kappa shape index (κ2) is 8.76. The van der Waals surface area contributed by atoms with Crippen molar-refractivity contribution in [3.8, 4) is 0 Å². The van der Waals surface area contributed by atoms with Gasteiger partial charge in [0.05, 0.1) is 12.8 Å². The van der Waals surface area contributed by atoms with E-state index in [-0.39, 0.29) is 12.8 Å². The number of carboxylic acids is 2. The van der Waals surface area contributed by atoms with Crippen LogP contribution in [0.2, 0.25) is 0 Å². The van der Waals surface area contributed by atoms with Crippen LogP contribution in [0.4, 0.5) is 0 Å². The van der Waals surface area contributed by atoms with Crippen molar-refractivity contribution in [3.63, 3.8) is 0 Å². The largest absolute Gasteiger partial charge is 0.481 e. The van der Waals surface area contributed by atoms with E-state index in [2.05, 4.69) is 0 Å². The van der Waals surface area contributed by atoms with Gasteiger partial charge in [0.15, 0.2) is 0 Å².